The van der Waals surface area contributed by atoms with Gasteiger partial charge in [-0.05, 0) is 0 Å². The highest BCUT2D eigenvalue weighted by atomic mass is 31.3. The zero-order valence-corrected chi connectivity index (χ0v) is 18.1. The van der Waals surface area contributed by atoms with E-state index >= 15 is 0 Å². The van der Waals surface area contributed by atoms with Crippen LogP contribution in [0.1, 0.15) is 6.23 Å². The van der Waals surface area contributed by atoms with E-state index in [0.29, 0.717) is 0 Å². The lowest BCUT2D eigenvalue weighted by molar-refractivity contribution is -0.0503. The Morgan fingerprint density at radius 2 is 1.69 bits per heavy atom. The van der Waals surface area contributed by atoms with Gasteiger partial charge in [0.15, 0.2) is 17.7 Å². The summed E-state index contributed by atoms with van der Waals surface area (Å²) >= 11 is 0. The first-order chi connectivity index (χ1) is 14.6. The molecule has 0 aliphatic carbocycles. The monoisotopic (exact) mass is 522 g/mol. The maximum Gasteiger partial charge on any atom is 0.490 e. The van der Waals surface area contributed by atoms with Crippen molar-refractivity contribution >= 4 is 46.4 Å². The van der Waals surface area contributed by atoms with Gasteiger partial charge < -0.3 is 46.0 Å². The Bertz CT molecular complexity index is 1150. The number of anilines is 2. The molecule has 0 spiro atoms. The number of aliphatic hydroxyl groups is 2. The van der Waals surface area contributed by atoms with Crippen molar-refractivity contribution in [1.29, 1.82) is 0 Å². The van der Waals surface area contributed by atoms with Gasteiger partial charge in [-0.25, -0.2) is 18.7 Å². The third-order valence-electron chi connectivity index (χ3n) is 3.89. The SMILES string of the molecule is Nc1nc(N)c2ncn(C3OC(COP(=O)(O)OP(=O)(O)OP(=O)(O)O)C(O)C3O)c2n1. The van der Waals surface area contributed by atoms with Crippen molar-refractivity contribution in [2.45, 2.75) is 24.5 Å². The van der Waals surface area contributed by atoms with Gasteiger partial charge in [-0.1, -0.05) is 0 Å². The second-order valence-electron chi connectivity index (χ2n) is 6.22. The molecule has 6 unspecified atom stereocenters. The van der Waals surface area contributed by atoms with Crippen molar-refractivity contribution in [2.24, 2.45) is 0 Å². The number of phosphoric ester groups is 1. The molecular formula is C10H17N6O13P3. The quantitative estimate of drug-likeness (QED) is 0.173. The van der Waals surface area contributed by atoms with Crippen LogP contribution in [-0.4, -0.2) is 74.2 Å². The number of ether oxygens (including phenoxy) is 1. The molecule has 0 saturated carbocycles. The third kappa shape index (κ3) is 5.67. The number of fused-ring (bicyclic) bond motifs is 1. The number of rotatable bonds is 8. The fraction of sp³-hybridized carbons (Fsp3) is 0.500. The molecule has 0 bridgehead atoms. The lowest BCUT2D eigenvalue weighted by Gasteiger charge is -2.19. The molecule has 3 heterocycles. The van der Waals surface area contributed by atoms with E-state index in [0.717, 1.165) is 10.9 Å². The van der Waals surface area contributed by atoms with Gasteiger partial charge in [-0.2, -0.15) is 18.6 Å². The van der Waals surface area contributed by atoms with Crippen molar-refractivity contribution in [1.82, 2.24) is 19.5 Å². The molecule has 1 aliphatic heterocycles. The zero-order valence-electron chi connectivity index (χ0n) is 15.4. The molecule has 2 aromatic heterocycles. The fourth-order valence-corrected chi connectivity index (χ4v) is 5.74. The van der Waals surface area contributed by atoms with Gasteiger partial charge in [0, 0.05) is 0 Å². The molecule has 22 heteroatoms. The van der Waals surface area contributed by atoms with E-state index in [1.54, 1.807) is 0 Å². The molecule has 3 rings (SSSR count). The molecule has 1 fully saturated rings. The van der Waals surface area contributed by atoms with Crippen LogP contribution in [0.5, 0.6) is 0 Å². The number of aliphatic hydroxyl groups excluding tert-OH is 2. The molecule has 1 saturated heterocycles. The maximum absolute atomic E-state index is 11.8. The van der Waals surface area contributed by atoms with Crippen LogP contribution in [0.2, 0.25) is 0 Å². The smallest absolute Gasteiger partial charge is 0.387 e. The Morgan fingerprint density at radius 3 is 2.31 bits per heavy atom. The summed E-state index contributed by atoms with van der Waals surface area (Å²) in [6.45, 7) is -0.982. The van der Waals surface area contributed by atoms with Gasteiger partial charge in [0.2, 0.25) is 5.95 Å². The largest absolute Gasteiger partial charge is 0.490 e. The zero-order chi connectivity index (χ0) is 24.1. The number of aromatic nitrogens is 4. The fourth-order valence-electron chi connectivity index (χ4n) is 2.71. The van der Waals surface area contributed by atoms with Crippen LogP contribution < -0.4 is 11.5 Å². The third-order valence-corrected chi connectivity index (χ3v) is 7.70. The summed E-state index contributed by atoms with van der Waals surface area (Å²) in [5, 5.41) is 20.5. The van der Waals surface area contributed by atoms with E-state index in [1.165, 1.54) is 0 Å². The maximum atomic E-state index is 11.8. The molecule has 2 aromatic rings. The molecule has 180 valence electrons. The number of hydrogen-bond acceptors (Lipinski definition) is 14. The summed E-state index contributed by atoms with van der Waals surface area (Å²) in [6, 6.07) is 0. The number of imidazole rings is 1. The summed E-state index contributed by atoms with van der Waals surface area (Å²) in [7, 11) is -16.7. The standard InChI is InChI=1S/C10H17N6O13P3/c11-7-4-8(15-10(12)14-7)16(2-13-4)9-6(18)5(17)3(27-9)1-26-31(22,23)29-32(24,25)28-30(19,20)21/h2-3,5-6,9,17-18H,1H2,(H,22,23)(H,24,25)(H2,19,20,21)(H4,11,12,14,15). The molecule has 10 N–H and O–H groups in total. The lowest BCUT2D eigenvalue weighted by Crippen LogP contribution is -2.33. The minimum atomic E-state index is -5.72. The summed E-state index contributed by atoms with van der Waals surface area (Å²) < 4.78 is 51.9. The lowest BCUT2D eigenvalue weighted by atomic mass is 10.1. The molecule has 0 radical (unpaired) electrons. The molecular weight excluding hydrogens is 505 g/mol. The number of hydrogen-bond donors (Lipinski definition) is 8. The molecule has 0 amide bonds. The van der Waals surface area contributed by atoms with Crippen LogP contribution in [-0.2, 0) is 31.6 Å². The van der Waals surface area contributed by atoms with Gasteiger partial charge in [-0.15, -0.1) is 0 Å². The number of nitrogen functional groups attached to an aromatic ring is 2. The van der Waals surface area contributed by atoms with E-state index in [-0.39, 0.29) is 22.9 Å². The predicted octanol–water partition coefficient (Wildman–Crippen LogP) is -2.05. The first-order valence-corrected chi connectivity index (χ1v) is 12.7. The van der Waals surface area contributed by atoms with Crippen molar-refractivity contribution < 1.29 is 61.4 Å². The number of phosphoric acid groups is 3. The van der Waals surface area contributed by atoms with Gasteiger partial charge in [-0.3, -0.25) is 9.09 Å². The second-order valence-corrected chi connectivity index (χ2v) is 10.6. The molecule has 32 heavy (non-hydrogen) atoms. The average Bonchev–Trinajstić information content (AvgIpc) is 3.12. The van der Waals surface area contributed by atoms with Crippen LogP contribution in [0.25, 0.3) is 11.2 Å². The van der Waals surface area contributed by atoms with Crippen molar-refractivity contribution in [3.63, 3.8) is 0 Å². The number of nitrogens with two attached hydrogens (primary N) is 2. The Kier molecular flexibility index (Phi) is 6.78. The van der Waals surface area contributed by atoms with Crippen LogP contribution in [0, 0.1) is 0 Å². The first-order valence-electron chi connectivity index (χ1n) is 8.14. The molecule has 1 aliphatic rings. The van der Waals surface area contributed by atoms with Gasteiger partial charge in [0.25, 0.3) is 0 Å². The van der Waals surface area contributed by atoms with E-state index in [9.17, 15) is 28.8 Å². The van der Waals surface area contributed by atoms with Crippen LogP contribution in [0.15, 0.2) is 6.33 Å². The average molecular weight is 522 g/mol. The van der Waals surface area contributed by atoms with Crippen molar-refractivity contribution in [3.05, 3.63) is 6.33 Å². The topological polar surface area (TPSA) is 305 Å². The minimum Gasteiger partial charge on any atom is -0.387 e. The Hall–Kier alpha value is -1.56. The van der Waals surface area contributed by atoms with Crippen LogP contribution >= 0.6 is 23.5 Å². The van der Waals surface area contributed by atoms with E-state index in [2.05, 4.69) is 28.1 Å². The predicted molar refractivity (Wildman–Crippen MR) is 99.9 cm³/mol. The van der Waals surface area contributed by atoms with Crippen LogP contribution in [0.4, 0.5) is 11.8 Å². The van der Waals surface area contributed by atoms with E-state index in [1.807, 2.05) is 0 Å². The van der Waals surface area contributed by atoms with Crippen LogP contribution in [0.3, 0.4) is 0 Å². The summed E-state index contributed by atoms with van der Waals surface area (Å²) in [4.78, 5) is 47.2. The molecule has 0 aromatic carbocycles. The van der Waals surface area contributed by atoms with Gasteiger partial charge >= 0.3 is 23.5 Å². The highest BCUT2D eigenvalue weighted by molar-refractivity contribution is 7.66. The molecule has 6 atom stereocenters. The van der Waals surface area contributed by atoms with Crippen molar-refractivity contribution in [2.75, 3.05) is 18.1 Å². The van der Waals surface area contributed by atoms with E-state index < -0.39 is 54.6 Å². The Morgan fingerprint density at radius 1 is 1.03 bits per heavy atom. The highest BCUT2D eigenvalue weighted by Crippen LogP contribution is 2.66. The molecule has 19 nitrogen and oxygen atoms in total. The summed E-state index contributed by atoms with van der Waals surface area (Å²) in [6.07, 6.45) is -5.03. The number of nitrogens with zero attached hydrogens (tertiary/aromatic N) is 4. The van der Waals surface area contributed by atoms with E-state index in [4.69, 9.17) is 30.9 Å². The normalized spacial score (nSPS) is 27.9. The summed E-state index contributed by atoms with van der Waals surface area (Å²) in [5.74, 6) is -0.280. The Labute approximate surface area is 177 Å². The highest BCUT2D eigenvalue weighted by Gasteiger charge is 2.47. The second kappa shape index (κ2) is 8.66. The first kappa shape index (κ1) is 25.1. The van der Waals surface area contributed by atoms with Gasteiger partial charge in [0.05, 0.1) is 12.9 Å². The van der Waals surface area contributed by atoms with Gasteiger partial charge in [0.1, 0.15) is 23.8 Å². The minimum absolute atomic E-state index is 0.0415. The Balaban J connectivity index is 1.72. The van der Waals surface area contributed by atoms with Crippen molar-refractivity contribution in [3.8, 4) is 0 Å². The summed E-state index contributed by atoms with van der Waals surface area (Å²) in [5.41, 5.74) is 11.4.